The molecule has 0 atom stereocenters. The van der Waals surface area contributed by atoms with E-state index in [0.717, 1.165) is 5.69 Å². The summed E-state index contributed by atoms with van der Waals surface area (Å²) < 4.78 is 18.3. The van der Waals surface area contributed by atoms with Crippen LogP contribution in [0.15, 0.2) is 82.1 Å². The summed E-state index contributed by atoms with van der Waals surface area (Å²) in [5.41, 5.74) is 1.59. The molecule has 3 nitrogen and oxygen atoms in total. The lowest BCUT2D eigenvalue weighted by Crippen LogP contribution is -2.20. The lowest BCUT2D eigenvalue weighted by atomic mass is 10.2. The number of para-hydroxylation sites is 2. The van der Waals surface area contributed by atoms with Gasteiger partial charge in [-0.1, -0.05) is 52.3 Å². The van der Waals surface area contributed by atoms with Crippen LogP contribution >= 0.6 is 15.9 Å². The van der Waals surface area contributed by atoms with E-state index in [-0.39, 0.29) is 10.9 Å². The van der Waals surface area contributed by atoms with Crippen LogP contribution < -0.4 is 5.56 Å². The zero-order valence-corrected chi connectivity index (χ0v) is 14.1. The molecule has 3 aromatic carbocycles. The topological polar surface area (TPSA) is 26.9 Å². The van der Waals surface area contributed by atoms with Gasteiger partial charge in [0.2, 0.25) is 0 Å². The van der Waals surface area contributed by atoms with Gasteiger partial charge in [0.15, 0.2) is 0 Å². The van der Waals surface area contributed by atoms with Crippen molar-refractivity contribution in [2.75, 3.05) is 0 Å². The molecule has 0 aliphatic heterocycles. The standard InChI is InChI=1S/C19H12BrFN2O/c20-13-11-16(21)18-17(12-13)22(14-7-3-1-4-8-14)23(19(18)24)15-9-5-2-6-10-15/h1-12H. The summed E-state index contributed by atoms with van der Waals surface area (Å²) >= 11 is 3.32. The number of benzene rings is 3. The minimum absolute atomic E-state index is 0.0749. The maximum Gasteiger partial charge on any atom is 0.282 e. The summed E-state index contributed by atoms with van der Waals surface area (Å²) in [5.74, 6) is -0.538. The largest absolute Gasteiger partial charge is 0.282 e. The number of fused-ring (bicyclic) bond motifs is 1. The Morgan fingerprint density at radius 1 is 0.792 bits per heavy atom. The Morgan fingerprint density at radius 3 is 1.92 bits per heavy atom. The quantitative estimate of drug-likeness (QED) is 0.494. The average Bonchev–Trinajstić information content (AvgIpc) is 2.89. The molecule has 5 heteroatoms. The molecule has 24 heavy (non-hydrogen) atoms. The molecule has 0 saturated heterocycles. The van der Waals surface area contributed by atoms with Gasteiger partial charge in [-0.05, 0) is 36.4 Å². The van der Waals surface area contributed by atoms with Crippen LogP contribution in [-0.2, 0) is 0 Å². The molecular formula is C19H12BrFN2O. The highest BCUT2D eigenvalue weighted by Crippen LogP contribution is 2.25. The molecule has 0 aliphatic rings. The van der Waals surface area contributed by atoms with Crippen LogP contribution in [0.5, 0.6) is 0 Å². The fourth-order valence-corrected chi connectivity index (χ4v) is 3.29. The first-order valence-electron chi connectivity index (χ1n) is 7.40. The lowest BCUT2D eigenvalue weighted by molar-refractivity contribution is 0.638. The Balaban J connectivity index is 2.21. The third kappa shape index (κ3) is 2.29. The van der Waals surface area contributed by atoms with E-state index in [1.807, 2.05) is 60.7 Å². The summed E-state index contributed by atoms with van der Waals surface area (Å²) in [6.07, 6.45) is 0. The predicted molar refractivity (Wildman–Crippen MR) is 96.5 cm³/mol. The van der Waals surface area contributed by atoms with Crippen molar-refractivity contribution in [3.8, 4) is 11.4 Å². The Bertz CT molecular complexity index is 1090. The number of rotatable bonds is 2. The van der Waals surface area contributed by atoms with Crippen molar-refractivity contribution in [3.05, 3.63) is 93.4 Å². The molecule has 1 heterocycles. The SMILES string of the molecule is O=c1c2c(F)cc(Br)cc2n(-c2ccccc2)n1-c1ccccc1. The molecule has 0 saturated carbocycles. The first kappa shape index (κ1) is 14.9. The van der Waals surface area contributed by atoms with Crippen molar-refractivity contribution < 1.29 is 4.39 Å². The normalized spacial score (nSPS) is 11.1. The average molecular weight is 383 g/mol. The van der Waals surface area contributed by atoms with Crippen LogP contribution in [0.2, 0.25) is 0 Å². The van der Waals surface area contributed by atoms with E-state index in [2.05, 4.69) is 15.9 Å². The zero-order valence-electron chi connectivity index (χ0n) is 12.5. The second-order valence-corrected chi connectivity index (χ2v) is 6.30. The molecule has 0 fully saturated rings. The van der Waals surface area contributed by atoms with E-state index in [1.165, 1.54) is 10.7 Å². The third-order valence-electron chi connectivity index (χ3n) is 3.87. The minimum Gasteiger partial charge on any atom is -0.267 e. The third-order valence-corrected chi connectivity index (χ3v) is 4.33. The number of hydrogen-bond acceptors (Lipinski definition) is 1. The molecule has 1 aromatic heterocycles. The Kier molecular flexibility index (Phi) is 3.58. The van der Waals surface area contributed by atoms with E-state index in [4.69, 9.17) is 0 Å². The van der Waals surface area contributed by atoms with Crippen molar-refractivity contribution >= 4 is 26.8 Å². The number of halogens is 2. The van der Waals surface area contributed by atoms with E-state index in [9.17, 15) is 9.18 Å². The van der Waals surface area contributed by atoms with Crippen molar-refractivity contribution in [2.45, 2.75) is 0 Å². The highest BCUT2D eigenvalue weighted by atomic mass is 79.9. The van der Waals surface area contributed by atoms with Crippen LogP contribution in [0.3, 0.4) is 0 Å². The fraction of sp³-hybridized carbons (Fsp3) is 0. The molecular weight excluding hydrogens is 371 g/mol. The maximum absolute atomic E-state index is 14.5. The van der Waals surface area contributed by atoms with Gasteiger partial charge >= 0.3 is 0 Å². The summed E-state index contributed by atoms with van der Waals surface area (Å²) in [6.45, 7) is 0. The first-order valence-corrected chi connectivity index (χ1v) is 8.20. The van der Waals surface area contributed by atoms with Gasteiger partial charge in [-0.15, -0.1) is 0 Å². The molecule has 0 amide bonds. The van der Waals surface area contributed by atoms with Gasteiger partial charge in [0.1, 0.15) is 11.2 Å². The number of nitrogens with zero attached hydrogens (tertiary/aromatic N) is 2. The van der Waals surface area contributed by atoms with Crippen molar-refractivity contribution in [3.63, 3.8) is 0 Å². The maximum atomic E-state index is 14.5. The molecule has 0 spiro atoms. The fourth-order valence-electron chi connectivity index (χ4n) is 2.87. The minimum atomic E-state index is -0.538. The van der Waals surface area contributed by atoms with E-state index in [0.29, 0.717) is 15.7 Å². The molecule has 4 rings (SSSR count). The van der Waals surface area contributed by atoms with Gasteiger partial charge in [-0.25, -0.2) is 13.8 Å². The van der Waals surface area contributed by atoms with E-state index in [1.54, 1.807) is 10.7 Å². The van der Waals surface area contributed by atoms with Crippen LogP contribution in [0.25, 0.3) is 22.3 Å². The van der Waals surface area contributed by atoms with Gasteiger partial charge in [-0.3, -0.25) is 4.79 Å². The van der Waals surface area contributed by atoms with Gasteiger partial charge in [0.25, 0.3) is 5.56 Å². The number of aromatic nitrogens is 2. The van der Waals surface area contributed by atoms with Crippen LogP contribution in [0.1, 0.15) is 0 Å². The molecule has 0 N–H and O–H groups in total. The second kappa shape index (κ2) is 5.76. The summed E-state index contributed by atoms with van der Waals surface area (Å²) in [5, 5.41) is 0.0749. The first-order chi connectivity index (χ1) is 11.7. The molecule has 0 radical (unpaired) electrons. The smallest absolute Gasteiger partial charge is 0.267 e. The van der Waals surface area contributed by atoms with Crippen LogP contribution in [-0.4, -0.2) is 9.36 Å². The van der Waals surface area contributed by atoms with Gasteiger partial charge in [0, 0.05) is 4.47 Å². The van der Waals surface area contributed by atoms with Gasteiger partial charge < -0.3 is 0 Å². The van der Waals surface area contributed by atoms with E-state index >= 15 is 0 Å². The molecule has 0 unspecified atom stereocenters. The Hall–Kier alpha value is -2.66. The molecule has 0 aliphatic carbocycles. The summed E-state index contributed by atoms with van der Waals surface area (Å²) in [7, 11) is 0. The monoisotopic (exact) mass is 382 g/mol. The zero-order chi connectivity index (χ0) is 16.7. The lowest BCUT2D eigenvalue weighted by Gasteiger charge is -2.13. The second-order valence-electron chi connectivity index (χ2n) is 5.38. The van der Waals surface area contributed by atoms with Crippen molar-refractivity contribution in [2.24, 2.45) is 0 Å². The Labute approximate surface area is 145 Å². The van der Waals surface area contributed by atoms with Crippen molar-refractivity contribution in [1.29, 1.82) is 0 Å². The predicted octanol–water partition coefficient (Wildman–Crippen LogP) is 4.68. The highest BCUT2D eigenvalue weighted by Gasteiger charge is 2.19. The highest BCUT2D eigenvalue weighted by molar-refractivity contribution is 9.10. The van der Waals surface area contributed by atoms with E-state index < -0.39 is 5.82 Å². The van der Waals surface area contributed by atoms with Crippen molar-refractivity contribution in [1.82, 2.24) is 9.36 Å². The molecule has 0 bridgehead atoms. The summed E-state index contributed by atoms with van der Waals surface area (Å²) in [4.78, 5) is 12.9. The summed E-state index contributed by atoms with van der Waals surface area (Å²) in [6, 6.07) is 21.7. The Morgan fingerprint density at radius 2 is 1.33 bits per heavy atom. The molecule has 118 valence electrons. The van der Waals surface area contributed by atoms with Crippen LogP contribution in [0, 0.1) is 5.82 Å². The molecule has 4 aromatic rings. The van der Waals surface area contributed by atoms with Crippen LogP contribution in [0.4, 0.5) is 4.39 Å². The number of hydrogen-bond donors (Lipinski definition) is 0. The van der Waals surface area contributed by atoms with Gasteiger partial charge in [0.05, 0.1) is 16.9 Å². The van der Waals surface area contributed by atoms with Gasteiger partial charge in [-0.2, -0.15) is 0 Å².